The van der Waals surface area contributed by atoms with E-state index in [9.17, 15) is 8.78 Å². The first-order valence-corrected chi connectivity index (χ1v) is 10.6. The van der Waals surface area contributed by atoms with Crippen molar-refractivity contribution >= 4 is 23.2 Å². The molecule has 0 aliphatic carbocycles. The molecule has 0 unspecified atom stereocenters. The number of rotatable bonds is 7. The number of ether oxygens (including phenoxy) is 2. The van der Waals surface area contributed by atoms with Crippen LogP contribution in [0.3, 0.4) is 0 Å². The van der Waals surface area contributed by atoms with E-state index in [1.165, 1.54) is 6.20 Å². The van der Waals surface area contributed by atoms with Crippen molar-refractivity contribution in [2.24, 2.45) is 5.92 Å². The van der Waals surface area contributed by atoms with Crippen LogP contribution in [-0.2, 0) is 0 Å². The minimum atomic E-state index is -0.991. The van der Waals surface area contributed by atoms with Gasteiger partial charge in [0.05, 0.1) is 30.3 Å². The van der Waals surface area contributed by atoms with Crippen molar-refractivity contribution in [1.29, 1.82) is 5.26 Å². The zero-order chi connectivity index (χ0) is 24.2. The van der Waals surface area contributed by atoms with Gasteiger partial charge in [0.15, 0.2) is 23.1 Å². The fourth-order valence-electron chi connectivity index (χ4n) is 3.42. The Labute approximate surface area is 195 Å². The number of methoxy groups -OCH3 is 1. The SMILES string of the molecule is COc1cccc(/C=C/c2nc3cc(F)c(F)cc3n2-c2ccc(C#N)cn2)c1OCC(C)C. The molecule has 0 bridgehead atoms. The van der Waals surface area contributed by atoms with Crippen molar-refractivity contribution < 1.29 is 18.3 Å². The highest BCUT2D eigenvalue weighted by atomic mass is 19.2. The van der Waals surface area contributed by atoms with E-state index in [1.54, 1.807) is 36.0 Å². The average molecular weight is 460 g/mol. The van der Waals surface area contributed by atoms with Crippen LogP contribution in [0.15, 0.2) is 48.7 Å². The van der Waals surface area contributed by atoms with Gasteiger partial charge >= 0.3 is 0 Å². The highest BCUT2D eigenvalue weighted by molar-refractivity contribution is 5.82. The first-order chi connectivity index (χ1) is 16.4. The quantitative estimate of drug-likeness (QED) is 0.349. The summed E-state index contributed by atoms with van der Waals surface area (Å²) >= 11 is 0. The monoisotopic (exact) mass is 460 g/mol. The summed E-state index contributed by atoms with van der Waals surface area (Å²) in [6, 6.07) is 12.9. The van der Waals surface area contributed by atoms with Gasteiger partial charge in [0, 0.05) is 23.9 Å². The van der Waals surface area contributed by atoms with Crippen molar-refractivity contribution in [3.05, 3.63) is 77.2 Å². The van der Waals surface area contributed by atoms with Crippen LogP contribution in [0.4, 0.5) is 8.78 Å². The van der Waals surface area contributed by atoms with Gasteiger partial charge in [-0.1, -0.05) is 26.0 Å². The second-order valence-electron chi connectivity index (χ2n) is 7.99. The van der Waals surface area contributed by atoms with Gasteiger partial charge in [-0.25, -0.2) is 18.7 Å². The second-order valence-corrected chi connectivity index (χ2v) is 7.99. The number of imidazole rings is 1. The summed E-state index contributed by atoms with van der Waals surface area (Å²) in [6.07, 6.45) is 4.92. The van der Waals surface area contributed by atoms with Crippen LogP contribution in [0.5, 0.6) is 11.5 Å². The largest absolute Gasteiger partial charge is 0.493 e. The predicted molar refractivity (Wildman–Crippen MR) is 126 cm³/mol. The van der Waals surface area contributed by atoms with E-state index in [-0.39, 0.29) is 5.52 Å². The highest BCUT2D eigenvalue weighted by Gasteiger charge is 2.16. The molecule has 8 heteroatoms. The normalized spacial score (nSPS) is 11.3. The number of para-hydroxylation sites is 1. The van der Waals surface area contributed by atoms with E-state index >= 15 is 0 Å². The summed E-state index contributed by atoms with van der Waals surface area (Å²) in [5, 5.41) is 9.08. The van der Waals surface area contributed by atoms with E-state index in [1.807, 2.05) is 24.3 Å². The van der Waals surface area contributed by atoms with Crippen molar-refractivity contribution in [3.63, 3.8) is 0 Å². The summed E-state index contributed by atoms with van der Waals surface area (Å²) in [5.74, 6) is 0.329. The van der Waals surface area contributed by atoms with Crippen LogP contribution < -0.4 is 9.47 Å². The standard InChI is InChI=1S/C26H22F2N4O2/c1-16(2)15-34-26-18(5-4-6-23(26)33-3)8-10-25-31-21-11-19(27)20(28)12-22(21)32(25)24-9-7-17(13-29)14-30-24/h4-12,14,16H,15H2,1-3H3/b10-8+. The molecule has 0 saturated heterocycles. The Kier molecular flexibility index (Phi) is 6.55. The molecule has 34 heavy (non-hydrogen) atoms. The van der Waals surface area contributed by atoms with Crippen LogP contribution in [0, 0.1) is 28.9 Å². The molecule has 4 aromatic rings. The third kappa shape index (κ3) is 4.59. The molecule has 172 valence electrons. The third-order valence-electron chi connectivity index (χ3n) is 5.03. The number of nitriles is 1. The second kappa shape index (κ2) is 9.71. The zero-order valence-corrected chi connectivity index (χ0v) is 18.9. The van der Waals surface area contributed by atoms with Gasteiger partial charge in [-0.05, 0) is 36.3 Å². The summed E-state index contributed by atoms with van der Waals surface area (Å²) in [5.41, 5.74) is 1.75. The zero-order valence-electron chi connectivity index (χ0n) is 18.9. The van der Waals surface area contributed by atoms with Gasteiger partial charge in [0.25, 0.3) is 0 Å². The van der Waals surface area contributed by atoms with E-state index in [0.29, 0.717) is 46.7 Å². The third-order valence-corrected chi connectivity index (χ3v) is 5.03. The summed E-state index contributed by atoms with van der Waals surface area (Å²) < 4.78 is 41.0. The molecule has 0 fully saturated rings. The maximum Gasteiger partial charge on any atom is 0.168 e. The molecule has 0 spiro atoms. The molecule has 2 heterocycles. The van der Waals surface area contributed by atoms with E-state index in [4.69, 9.17) is 14.7 Å². The molecule has 0 saturated carbocycles. The minimum Gasteiger partial charge on any atom is -0.493 e. The van der Waals surface area contributed by atoms with Crippen LogP contribution >= 0.6 is 0 Å². The van der Waals surface area contributed by atoms with Gasteiger partial charge in [-0.3, -0.25) is 4.57 Å². The van der Waals surface area contributed by atoms with Crippen LogP contribution in [-0.4, -0.2) is 28.3 Å². The average Bonchev–Trinajstić information content (AvgIpc) is 3.18. The minimum absolute atomic E-state index is 0.270. The number of aromatic nitrogens is 3. The number of fused-ring (bicyclic) bond motifs is 1. The molecule has 0 atom stereocenters. The summed E-state index contributed by atoms with van der Waals surface area (Å²) in [6.45, 7) is 4.61. The predicted octanol–water partition coefficient (Wildman–Crippen LogP) is 5.78. The molecule has 0 aliphatic rings. The van der Waals surface area contributed by atoms with Crippen molar-refractivity contribution in [2.75, 3.05) is 13.7 Å². The van der Waals surface area contributed by atoms with Crippen molar-refractivity contribution in [2.45, 2.75) is 13.8 Å². The molecule has 4 rings (SSSR count). The number of hydrogen-bond donors (Lipinski definition) is 0. The number of hydrogen-bond acceptors (Lipinski definition) is 5. The number of pyridine rings is 1. The first kappa shape index (κ1) is 22.9. The molecule has 2 aromatic heterocycles. The lowest BCUT2D eigenvalue weighted by Crippen LogP contribution is -2.06. The first-order valence-electron chi connectivity index (χ1n) is 10.6. The van der Waals surface area contributed by atoms with Gasteiger partial charge in [-0.2, -0.15) is 5.26 Å². The topological polar surface area (TPSA) is 73.0 Å². The Morgan fingerprint density at radius 2 is 1.91 bits per heavy atom. The Morgan fingerprint density at radius 3 is 2.59 bits per heavy atom. The van der Waals surface area contributed by atoms with Gasteiger partial charge in [-0.15, -0.1) is 0 Å². The maximum absolute atomic E-state index is 14.1. The molecule has 0 aliphatic heterocycles. The summed E-state index contributed by atoms with van der Waals surface area (Å²) in [4.78, 5) is 8.80. The molecule has 0 N–H and O–H groups in total. The number of nitrogens with zero attached hydrogens (tertiary/aromatic N) is 4. The highest BCUT2D eigenvalue weighted by Crippen LogP contribution is 2.33. The van der Waals surface area contributed by atoms with Gasteiger partial charge < -0.3 is 9.47 Å². The maximum atomic E-state index is 14.1. The molecular weight excluding hydrogens is 438 g/mol. The molecule has 0 radical (unpaired) electrons. The smallest absolute Gasteiger partial charge is 0.168 e. The Balaban J connectivity index is 1.84. The number of benzene rings is 2. The van der Waals surface area contributed by atoms with Crippen molar-refractivity contribution in [1.82, 2.24) is 14.5 Å². The van der Waals surface area contributed by atoms with Crippen LogP contribution in [0.1, 0.15) is 30.8 Å². The summed E-state index contributed by atoms with van der Waals surface area (Å²) in [7, 11) is 1.57. The Morgan fingerprint density at radius 1 is 1.12 bits per heavy atom. The molecular formula is C26H22F2N4O2. The van der Waals surface area contributed by atoms with Gasteiger partial charge in [0.2, 0.25) is 0 Å². The molecule has 2 aromatic carbocycles. The van der Waals surface area contributed by atoms with Gasteiger partial charge in [0.1, 0.15) is 17.7 Å². The lowest BCUT2D eigenvalue weighted by atomic mass is 10.1. The van der Waals surface area contributed by atoms with E-state index in [2.05, 4.69) is 23.8 Å². The van der Waals surface area contributed by atoms with E-state index < -0.39 is 11.6 Å². The van der Waals surface area contributed by atoms with E-state index in [0.717, 1.165) is 17.7 Å². The lowest BCUT2D eigenvalue weighted by molar-refractivity contribution is 0.256. The Hall–Kier alpha value is -4.25. The molecule has 6 nitrogen and oxygen atoms in total. The van der Waals surface area contributed by atoms with Crippen LogP contribution in [0.25, 0.3) is 29.0 Å². The Bertz CT molecular complexity index is 1400. The number of halogens is 2. The lowest BCUT2D eigenvalue weighted by Gasteiger charge is -2.14. The van der Waals surface area contributed by atoms with Crippen molar-refractivity contribution in [3.8, 4) is 23.4 Å². The van der Waals surface area contributed by atoms with Crippen LogP contribution in [0.2, 0.25) is 0 Å². The fourth-order valence-corrected chi connectivity index (χ4v) is 3.42. The molecule has 0 amide bonds. The fraction of sp³-hybridized carbons (Fsp3) is 0.192.